The molecule has 0 saturated carbocycles. The molecule has 0 radical (unpaired) electrons. The standard InChI is InChI=1S/C17H29N3/c1-5-16(18)17(15-9-7-6-8-13(15)2)20-11-10-19(4)12-14(20)3/h6-9,14,16-17H,5,10-12,18H2,1-4H3. The van der Waals surface area contributed by atoms with E-state index in [0.29, 0.717) is 12.1 Å². The summed E-state index contributed by atoms with van der Waals surface area (Å²) in [5.74, 6) is 0. The monoisotopic (exact) mass is 275 g/mol. The van der Waals surface area contributed by atoms with Gasteiger partial charge in [0, 0.05) is 31.7 Å². The molecule has 1 aromatic carbocycles. The van der Waals surface area contributed by atoms with Crippen molar-refractivity contribution in [2.75, 3.05) is 26.7 Å². The first-order valence-corrected chi connectivity index (χ1v) is 7.80. The van der Waals surface area contributed by atoms with E-state index < -0.39 is 0 Å². The molecule has 3 nitrogen and oxygen atoms in total. The van der Waals surface area contributed by atoms with E-state index in [1.54, 1.807) is 0 Å². The van der Waals surface area contributed by atoms with Crippen LogP contribution in [0.2, 0.25) is 0 Å². The highest BCUT2D eigenvalue weighted by Gasteiger charge is 2.32. The number of aryl methyl sites for hydroxylation is 1. The lowest BCUT2D eigenvalue weighted by atomic mass is 9.91. The Labute approximate surface area is 123 Å². The minimum absolute atomic E-state index is 0.196. The van der Waals surface area contributed by atoms with Gasteiger partial charge in [-0.05, 0) is 38.4 Å². The van der Waals surface area contributed by atoms with Gasteiger partial charge in [0.15, 0.2) is 0 Å². The summed E-state index contributed by atoms with van der Waals surface area (Å²) < 4.78 is 0. The van der Waals surface area contributed by atoms with Gasteiger partial charge in [-0.1, -0.05) is 31.2 Å². The van der Waals surface area contributed by atoms with E-state index in [-0.39, 0.29) is 6.04 Å². The van der Waals surface area contributed by atoms with E-state index in [2.05, 4.69) is 61.9 Å². The predicted octanol–water partition coefficient (Wildman–Crippen LogP) is 2.41. The Kier molecular flexibility index (Phi) is 5.19. The van der Waals surface area contributed by atoms with E-state index in [1.165, 1.54) is 11.1 Å². The molecule has 1 aliphatic heterocycles. The highest BCUT2D eigenvalue weighted by atomic mass is 15.3. The van der Waals surface area contributed by atoms with E-state index in [4.69, 9.17) is 5.73 Å². The van der Waals surface area contributed by atoms with E-state index in [1.807, 2.05) is 0 Å². The van der Waals surface area contributed by atoms with Crippen LogP contribution in [0, 0.1) is 6.92 Å². The van der Waals surface area contributed by atoms with Crippen LogP contribution in [0.4, 0.5) is 0 Å². The lowest BCUT2D eigenvalue weighted by molar-refractivity contribution is 0.0490. The summed E-state index contributed by atoms with van der Waals surface area (Å²) in [6.07, 6.45) is 1.01. The van der Waals surface area contributed by atoms with E-state index >= 15 is 0 Å². The smallest absolute Gasteiger partial charge is 0.0505 e. The molecular weight excluding hydrogens is 246 g/mol. The second-order valence-corrected chi connectivity index (χ2v) is 6.22. The van der Waals surface area contributed by atoms with Crippen molar-refractivity contribution in [3.05, 3.63) is 35.4 Å². The van der Waals surface area contributed by atoms with Crippen LogP contribution in [-0.4, -0.2) is 48.6 Å². The zero-order valence-corrected chi connectivity index (χ0v) is 13.3. The quantitative estimate of drug-likeness (QED) is 0.916. The summed E-state index contributed by atoms with van der Waals surface area (Å²) in [5, 5.41) is 0. The van der Waals surface area contributed by atoms with Crippen molar-refractivity contribution < 1.29 is 0 Å². The molecule has 1 heterocycles. The van der Waals surface area contributed by atoms with Gasteiger partial charge in [0.2, 0.25) is 0 Å². The summed E-state index contributed by atoms with van der Waals surface area (Å²) in [7, 11) is 2.20. The van der Waals surface area contributed by atoms with Crippen molar-refractivity contribution in [3.63, 3.8) is 0 Å². The van der Waals surface area contributed by atoms with Crippen LogP contribution in [-0.2, 0) is 0 Å². The maximum atomic E-state index is 6.49. The van der Waals surface area contributed by atoms with Crippen LogP contribution < -0.4 is 5.73 Å². The van der Waals surface area contributed by atoms with Gasteiger partial charge in [0.1, 0.15) is 0 Å². The molecule has 3 atom stereocenters. The number of nitrogens with two attached hydrogens (primary N) is 1. The normalized spacial score (nSPS) is 24.6. The summed E-state index contributed by atoms with van der Waals surface area (Å²) in [5.41, 5.74) is 9.25. The Balaban J connectivity index is 2.31. The molecule has 1 saturated heterocycles. The van der Waals surface area contributed by atoms with Crippen molar-refractivity contribution in [2.45, 2.75) is 45.3 Å². The van der Waals surface area contributed by atoms with Gasteiger partial charge in [-0.2, -0.15) is 0 Å². The molecule has 0 aliphatic carbocycles. The van der Waals surface area contributed by atoms with Crippen LogP contribution >= 0.6 is 0 Å². The van der Waals surface area contributed by atoms with Crippen LogP contribution in [0.5, 0.6) is 0 Å². The topological polar surface area (TPSA) is 32.5 Å². The SMILES string of the molecule is CCC(N)C(c1ccccc1C)N1CCN(C)CC1C. The number of benzene rings is 1. The maximum absolute atomic E-state index is 6.49. The number of rotatable bonds is 4. The highest BCUT2D eigenvalue weighted by Crippen LogP contribution is 2.30. The van der Waals surface area contributed by atoms with Crippen LogP contribution in [0.15, 0.2) is 24.3 Å². The van der Waals surface area contributed by atoms with Gasteiger partial charge in [-0.15, -0.1) is 0 Å². The summed E-state index contributed by atoms with van der Waals surface area (Å²) in [4.78, 5) is 5.02. The summed E-state index contributed by atoms with van der Waals surface area (Å²) >= 11 is 0. The zero-order chi connectivity index (χ0) is 14.7. The average molecular weight is 275 g/mol. The predicted molar refractivity (Wildman–Crippen MR) is 85.9 cm³/mol. The molecule has 20 heavy (non-hydrogen) atoms. The molecule has 3 unspecified atom stereocenters. The first-order valence-electron chi connectivity index (χ1n) is 7.80. The number of likely N-dealkylation sites (N-methyl/N-ethyl adjacent to an activating group) is 1. The molecule has 0 amide bonds. The number of piperazine rings is 1. The summed E-state index contributed by atoms with van der Waals surface area (Å²) in [6, 6.07) is 9.79. The fourth-order valence-electron chi connectivity index (χ4n) is 3.36. The number of hydrogen-bond acceptors (Lipinski definition) is 3. The third-order valence-electron chi connectivity index (χ3n) is 4.62. The van der Waals surface area contributed by atoms with Gasteiger partial charge in [0.05, 0.1) is 6.04 Å². The fourth-order valence-corrected chi connectivity index (χ4v) is 3.36. The number of nitrogens with zero attached hydrogens (tertiary/aromatic N) is 2. The van der Waals surface area contributed by atoms with E-state index in [9.17, 15) is 0 Å². The molecular formula is C17H29N3. The lowest BCUT2D eigenvalue weighted by Crippen LogP contribution is -2.55. The van der Waals surface area contributed by atoms with Crippen molar-refractivity contribution in [1.82, 2.24) is 9.80 Å². The van der Waals surface area contributed by atoms with Gasteiger partial charge in [0.25, 0.3) is 0 Å². The Morgan fingerprint density at radius 1 is 1.30 bits per heavy atom. The largest absolute Gasteiger partial charge is 0.326 e. The third-order valence-corrected chi connectivity index (χ3v) is 4.62. The van der Waals surface area contributed by atoms with Crippen LogP contribution in [0.25, 0.3) is 0 Å². The zero-order valence-electron chi connectivity index (χ0n) is 13.3. The van der Waals surface area contributed by atoms with Gasteiger partial charge in [-0.25, -0.2) is 0 Å². The molecule has 1 aliphatic rings. The van der Waals surface area contributed by atoms with Crippen molar-refractivity contribution in [2.24, 2.45) is 5.73 Å². The molecule has 0 spiro atoms. The third kappa shape index (κ3) is 3.22. The first-order chi connectivity index (χ1) is 9.54. The second kappa shape index (κ2) is 6.70. The van der Waals surface area contributed by atoms with Crippen molar-refractivity contribution >= 4 is 0 Å². The molecule has 1 aromatic rings. The molecule has 112 valence electrons. The Bertz CT molecular complexity index is 432. The first kappa shape index (κ1) is 15.5. The molecule has 2 N–H and O–H groups in total. The average Bonchev–Trinajstić information content (AvgIpc) is 2.43. The molecule has 2 rings (SSSR count). The van der Waals surface area contributed by atoms with Crippen molar-refractivity contribution in [3.8, 4) is 0 Å². The van der Waals surface area contributed by atoms with Crippen LogP contribution in [0.1, 0.15) is 37.4 Å². The lowest BCUT2D eigenvalue weighted by Gasteiger charge is -2.45. The van der Waals surface area contributed by atoms with E-state index in [0.717, 1.165) is 26.1 Å². The molecule has 0 bridgehead atoms. The van der Waals surface area contributed by atoms with Crippen LogP contribution in [0.3, 0.4) is 0 Å². The Morgan fingerprint density at radius 3 is 2.60 bits per heavy atom. The fraction of sp³-hybridized carbons (Fsp3) is 0.647. The molecule has 3 heteroatoms. The van der Waals surface area contributed by atoms with Crippen molar-refractivity contribution in [1.29, 1.82) is 0 Å². The molecule has 1 fully saturated rings. The molecule has 0 aromatic heterocycles. The maximum Gasteiger partial charge on any atom is 0.0505 e. The Hall–Kier alpha value is -0.900. The second-order valence-electron chi connectivity index (χ2n) is 6.22. The Morgan fingerprint density at radius 2 is 2.00 bits per heavy atom. The minimum Gasteiger partial charge on any atom is -0.326 e. The number of hydrogen-bond donors (Lipinski definition) is 1. The summed E-state index contributed by atoms with van der Waals surface area (Å²) in [6.45, 7) is 10.1. The van der Waals surface area contributed by atoms with Gasteiger partial charge in [-0.3, -0.25) is 4.90 Å². The highest BCUT2D eigenvalue weighted by molar-refractivity contribution is 5.30. The van der Waals surface area contributed by atoms with Gasteiger partial charge >= 0.3 is 0 Å². The minimum atomic E-state index is 0.196. The van der Waals surface area contributed by atoms with Gasteiger partial charge < -0.3 is 10.6 Å².